The zero-order valence-corrected chi connectivity index (χ0v) is 18.9. The van der Waals surface area contributed by atoms with Gasteiger partial charge in [0.05, 0.1) is 6.04 Å². The van der Waals surface area contributed by atoms with Crippen molar-refractivity contribution in [2.24, 2.45) is 11.7 Å². The van der Waals surface area contributed by atoms with Crippen LogP contribution in [-0.4, -0.2) is 52.0 Å². The van der Waals surface area contributed by atoms with Crippen molar-refractivity contribution in [3.63, 3.8) is 0 Å². The SMILES string of the molecule is CC(NC(=O)c1cc(C2CC2)on1)C1CCN(C(=O)[C@H](N)Cc2c[nH]c3ccccc23)CC1. The molecular formula is C25H31N5O3. The van der Waals surface area contributed by atoms with Gasteiger partial charge in [-0.2, -0.15) is 0 Å². The van der Waals surface area contributed by atoms with Crippen LogP contribution in [-0.2, 0) is 11.2 Å². The number of nitrogens with two attached hydrogens (primary N) is 1. The van der Waals surface area contributed by atoms with Crippen LogP contribution in [0, 0.1) is 5.92 Å². The van der Waals surface area contributed by atoms with Gasteiger partial charge >= 0.3 is 0 Å². The summed E-state index contributed by atoms with van der Waals surface area (Å²) >= 11 is 0. The number of nitrogens with one attached hydrogen (secondary N) is 2. The zero-order valence-electron chi connectivity index (χ0n) is 18.9. The lowest BCUT2D eigenvalue weighted by Gasteiger charge is -2.36. The van der Waals surface area contributed by atoms with Gasteiger partial charge in [-0.05, 0) is 56.6 Å². The van der Waals surface area contributed by atoms with Crippen LogP contribution in [0.1, 0.15) is 60.3 Å². The Kier molecular flexibility index (Phi) is 5.93. The van der Waals surface area contributed by atoms with E-state index in [1.807, 2.05) is 42.3 Å². The highest BCUT2D eigenvalue weighted by atomic mass is 16.5. The first-order chi connectivity index (χ1) is 16.0. The smallest absolute Gasteiger partial charge is 0.273 e. The topological polar surface area (TPSA) is 117 Å². The molecule has 8 nitrogen and oxygen atoms in total. The third kappa shape index (κ3) is 4.66. The van der Waals surface area contributed by atoms with Gasteiger partial charge in [-0.1, -0.05) is 23.4 Å². The molecule has 1 aliphatic carbocycles. The van der Waals surface area contributed by atoms with Gasteiger partial charge in [-0.25, -0.2) is 0 Å². The van der Waals surface area contributed by atoms with Gasteiger partial charge in [-0.3, -0.25) is 9.59 Å². The van der Waals surface area contributed by atoms with Crippen molar-refractivity contribution in [2.75, 3.05) is 13.1 Å². The quantitative estimate of drug-likeness (QED) is 0.513. The van der Waals surface area contributed by atoms with E-state index in [-0.39, 0.29) is 17.9 Å². The fourth-order valence-corrected chi connectivity index (χ4v) is 4.83. The first-order valence-electron chi connectivity index (χ1n) is 11.9. The zero-order chi connectivity index (χ0) is 22.9. The van der Waals surface area contributed by atoms with Gasteiger partial charge in [0, 0.05) is 48.2 Å². The Morgan fingerprint density at radius 2 is 2.00 bits per heavy atom. The number of likely N-dealkylation sites (tertiary alicyclic amines) is 1. The third-order valence-corrected chi connectivity index (χ3v) is 7.09. The highest BCUT2D eigenvalue weighted by molar-refractivity contribution is 5.92. The Bertz CT molecular complexity index is 1140. The summed E-state index contributed by atoms with van der Waals surface area (Å²) in [6.45, 7) is 3.33. The Hall–Kier alpha value is -3.13. The van der Waals surface area contributed by atoms with Gasteiger partial charge in [-0.15, -0.1) is 0 Å². The predicted molar refractivity (Wildman–Crippen MR) is 125 cm³/mol. The third-order valence-electron chi connectivity index (χ3n) is 7.09. The van der Waals surface area contributed by atoms with Crippen LogP contribution in [0.2, 0.25) is 0 Å². The van der Waals surface area contributed by atoms with Crippen LogP contribution in [0.25, 0.3) is 10.9 Å². The molecule has 1 saturated heterocycles. The lowest BCUT2D eigenvalue weighted by atomic mass is 9.89. The molecule has 2 fully saturated rings. The maximum atomic E-state index is 13.0. The van der Waals surface area contributed by atoms with E-state index in [9.17, 15) is 9.59 Å². The molecule has 0 spiro atoms. The average molecular weight is 450 g/mol. The van der Waals surface area contributed by atoms with Gasteiger partial charge in [0.15, 0.2) is 5.69 Å². The number of para-hydroxylation sites is 1. The number of hydrogen-bond acceptors (Lipinski definition) is 5. The standard InChI is InChI=1S/C25H31N5O3/c1-15(28-24(31)22-13-23(33-29-22)17-6-7-17)16-8-10-30(11-9-16)25(32)20(26)12-18-14-27-21-5-3-2-4-19(18)21/h2-5,13-17,20,27H,6-12,26H2,1H3,(H,28,31)/t15?,20-/m1/s1. The molecule has 8 heteroatoms. The first kappa shape index (κ1) is 21.7. The molecule has 2 aliphatic rings. The van der Waals surface area contributed by atoms with E-state index in [0.717, 1.165) is 47.9 Å². The summed E-state index contributed by atoms with van der Waals surface area (Å²) in [6, 6.07) is 9.24. The van der Waals surface area contributed by atoms with Gasteiger partial charge < -0.3 is 25.5 Å². The maximum absolute atomic E-state index is 13.0. The molecule has 0 bridgehead atoms. The Morgan fingerprint density at radius 3 is 2.76 bits per heavy atom. The van der Waals surface area contributed by atoms with Crippen LogP contribution in [0.5, 0.6) is 0 Å². The van der Waals surface area contributed by atoms with E-state index < -0.39 is 6.04 Å². The lowest BCUT2D eigenvalue weighted by Crippen LogP contribution is -2.50. The number of nitrogens with zero attached hydrogens (tertiary/aromatic N) is 2. The molecule has 174 valence electrons. The summed E-state index contributed by atoms with van der Waals surface area (Å²) in [5, 5.41) is 8.09. The largest absolute Gasteiger partial charge is 0.361 e. The number of carbonyl (C=O) groups is 2. The van der Waals surface area contributed by atoms with Crippen LogP contribution in [0.4, 0.5) is 0 Å². The van der Waals surface area contributed by atoms with E-state index in [4.69, 9.17) is 10.3 Å². The molecule has 33 heavy (non-hydrogen) atoms. The van der Waals surface area contributed by atoms with E-state index in [1.54, 1.807) is 6.07 Å². The van der Waals surface area contributed by atoms with Crippen molar-refractivity contribution in [1.82, 2.24) is 20.4 Å². The monoisotopic (exact) mass is 449 g/mol. The number of piperidine rings is 1. The average Bonchev–Trinajstić information content (AvgIpc) is 3.42. The molecule has 1 aromatic carbocycles. The number of fused-ring (bicyclic) bond motifs is 1. The van der Waals surface area contributed by atoms with Crippen molar-refractivity contribution in [1.29, 1.82) is 0 Å². The van der Waals surface area contributed by atoms with E-state index in [2.05, 4.69) is 15.5 Å². The Balaban J connectivity index is 1.11. The molecule has 2 aromatic heterocycles. The van der Waals surface area contributed by atoms with Crippen molar-refractivity contribution < 1.29 is 14.1 Å². The number of hydrogen-bond donors (Lipinski definition) is 3. The molecule has 1 unspecified atom stereocenters. The van der Waals surface area contributed by atoms with Crippen molar-refractivity contribution in [3.05, 3.63) is 53.5 Å². The van der Waals surface area contributed by atoms with Gasteiger partial charge in [0.2, 0.25) is 5.91 Å². The Morgan fingerprint density at radius 1 is 1.24 bits per heavy atom. The number of amides is 2. The number of H-pyrrole nitrogens is 1. The minimum atomic E-state index is -0.564. The molecular weight excluding hydrogens is 418 g/mol. The summed E-state index contributed by atoms with van der Waals surface area (Å²) in [4.78, 5) is 30.6. The highest BCUT2D eigenvalue weighted by Crippen LogP contribution is 2.40. The minimum absolute atomic E-state index is 0.00396. The molecule has 3 aromatic rings. The fourth-order valence-electron chi connectivity index (χ4n) is 4.83. The summed E-state index contributed by atoms with van der Waals surface area (Å²) < 4.78 is 5.29. The molecule has 3 heterocycles. The second kappa shape index (κ2) is 9.02. The maximum Gasteiger partial charge on any atom is 0.273 e. The number of benzene rings is 1. The normalized spacial score (nSPS) is 18.9. The van der Waals surface area contributed by atoms with Crippen LogP contribution in [0.3, 0.4) is 0 Å². The number of aromatic amines is 1. The highest BCUT2D eigenvalue weighted by Gasteiger charge is 2.31. The Labute approximate surface area is 192 Å². The molecule has 1 aliphatic heterocycles. The summed E-state index contributed by atoms with van der Waals surface area (Å²) in [7, 11) is 0. The van der Waals surface area contributed by atoms with Crippen LogP contribution in [0.15, 0.2) is 41.1 Å². The van der Waals surface area contributed by atoms with Gasteiger partial charge in [0.25, 0.3) is 5.91 Å². The molecule has 0 radical (unpaired) electrons. The molecule has 1 saturated carbocycles. The molecule has 2 atom stereocenters. The van der Waals surface area contributed by atoms with E-state index in [0.29, 0.717) is 37.0 Å². The second-order valence-corrected chi connectivity index (χ2v) is 9.48. The fraction of sp³-hybridized carbons (Fsp3) is 0.480. The minimum Gasteiger partial charge on any atom is -0.361 e. The summed E-state index contributed by atoms with van der Waals surface area (Å²) in [5.74, 6) is 1.34. The van der Waals surface area contributed by atoms with Gasteiger partial charge in [0.1, 0.15) is 5.76 Å². The van der Waals surface area contributed by atoms with Crippen molar-refractivity contribution in [3.8, 4) is 0 Å². The van der Waals surface area contributed by atoms with Crippen LogP contribution >= 0.6 is 0 Å². The van der Waals surface area contributed by atoms with Crippen molar-refractivity contribution >= 4 is 22.7 Å². The number of carbonyl (C=O) groups excluding carboxylic acids is 2. The number of rotatable bonds is 7. The molecule has 2 amide bonds. The van der Waals surface area contributed by atoms with Crippen LogP contribution < -0.4 is 11.1 Å². The first-order valence-corrected chi connectivity index (χ1v) is 11.9. The molecule has 5 rings (SSSR count). The van der Waals surface area contributed by atoms with E-state index >= 15 is 0 Å². The number of aromatic nitrogens is 2. The summed E-state index contributed by atoms with van der Waals surface area (Å²) in [5.41, 5.74) is 8.77. The van der Waals surface area contributed by atoms with E-state index in [1.165, 1.54) is 0 Å². The lowest BCUT2D eigenvalue weighted by molar-refractivity contribution is -0.134. The predicted octanol–water partition coefficient (Wildman–Crippen LogP) is 2.96. The summed E-state index contributed by atoms with van der Waals surface area (Å²) in [6.07, 6.45) is 6.33. The molecule has 4 N–H and O–H groups in total. The second-order valence-electron chi connectivity index (χ2n) is 9.48. The van der Waals surface area contributed by atoms with Crippen molar-refractivity contribution in [2.45, 2.75) is 57.0 Å².